The highest BCUT2D eigenvalue weighted by molar-refractivity contribution is 7.99. The Morgan fingerprint density at radius 2 is 1.73 bits per heavy atom. The maximum absolute atomic E-state index is 12.5. The SMILES string of the molecule is CCCCC[C@@H](/C=C/[C@H]1[C@H](O)CC(=O)[C@@H]1C/C=C\CCCC(=O)O)OC(=O)CSCCCC(P(=O)(O)O)P(=O)(O)O. The zero-order valence-electron chi connectivity index (χ0n) is 23.3. The summed E-state index contributed by atoms with van der Waals surface area (Å²) in [5, 5.41) is 17.1. The first kappa shape index (κ1) is 37.7. The normalized spacial score (nSPS) is 20.9. The maximum Gasteiger partial charge on any atom is 0.340 e. The van der Waals surface area contributed by atoms with Crippen molar-refractivity contribution in [1.29, 1.82) is 0 Å². The largest absolute Gasteiger partial charge is 0.481 e. The van der Waals surface area contributed by atoms with E-state index in [0.717, 1.165) is 31.0 Å². The van der Waals surface area contributed by atoms with Gasteiger partial charge in [-0.3, -0.25) is 23.5 Å². The molecule has 0 bridgehead atoms. The molecule has 1 aliphatic carbocycles. The van der Waals surface area contributed by atoms with Crippen LogP contribution >= 0.6 is 27.0 Å². The van der Waals surface area contributed by atoms with Crippen molar-refractivity contribution < 1.29 is 58.0 Å². The Kier molecular flexibility index (Phi) is 17.6. The average molecular weight is 643 g/mol. The van der Waals surface area contributed by atoms with Crippen LogP contribution < -0.4 is 0 Å². The molecule has 0 heterocycles. The number of hydrogen-bond acceptors (Lipinski definition) is 8. The van der Waals surface area contributed by atoms with E-state index in [2.05, 4.69) is 0 Å². The van der Waals surface area contributed by atoms with Crippen molar-refractivity contribution >= 4 is 44.7 Å². The molecule has 236 valence electrons. The molecule has 0 radical (unpaired) electrons. The van der Waals surface area contributed by atoms with Crippen LogP contribution in [0.15, 0.2) is 24.3 Å². The number of carboxylic acids is 1. The predicted molar refractivity (Wildman–Crippen MR) is 155 cm³/mol. The molecule has 15 heteroatoms. The molecule has 0 amide bonds. The van der Waals surface area contributed by atoms with Crippen molar-refractivity contribution in [3.05, 3.63) is 24.3 Å². The molecule has 4 atom stereocenters. The van der Waals surface area contributed by atoms with Gasteiger partial charge in [0.15, 0.2) is 5.40 Å². The fourth-order valence-electron chi connectivity index (χ4n) is 4.56. The molecular formula is C26H44O12P2S. The number of allylic oxidation sites excluding steroid dienone is 2. The number of carbonyl (C=O) groups is 3. The minimum absolute atomic E-state index is 0.0361. The van der Waals surface area contributed by atoms with Crippen LogP contribution in [0.5, 0.6) is 0 Å². The minimum Gasteiger partial charge on any atom is -0.481 e. The van der Waals surface area contributed by atoms with Gasteiger partial charge in [0.05, 0.1) is 11.9 Å². The van der Waals surface area contributed by atoms with Gasteiger partial charge in [0.1, 0.15) is 11.9 Å². The molecule has 0 unspecified atom stereocenters. The lowest BCUT2D eigenvalue weighted by atomic mass is 9.90. The summed E-state index contributed by atoms with van der Waals surface area (Å²) in [7, 11) is -9.95. The van der Waals surface area contributed by atoms with E-state index in [0.29, 0.717) is 25.7 Å². The lowest BCUT2D eigenvalue weighted by Gasteiger charge is -2.19. The number of unbranched alkanes of at least 4 members (excludes halogenated alkanes) is 3. The first-order valence-electron chi connectivity index (χ1n) is 13.8. The van der Waals surface area contributed by atoms with E-state index in [4.69, 9.17) is 9.84 Å². The van der Waals surface area contributed by atoms with E-state index in [-0.39, 0.29) is 43.0 Å². The summed E-state index contributed by atoms with van der Waals surface area (Å²) in [5.74, 6) is -2.13. The second kappa shape index (κ2) is 19.1. The summed E-state index contributed by atoms with van der Waals surface area (Å²) >= 11 is 1.13. The Labute approximate surface area is 245 Å². The third kappa shape index (κ3) is 15.7. The summed E-state index contributed by atoms with van der Waals surface area (Å²) in [6, 6.07) is 0. The second-order valence-corrected chi connectivity index (χ2v) is 15.3. The average Bonchev–Trinajstić information content (AvgIpc) is 3.11. The van der Waals surface area contributed by atoms with Crippen LogP contribution in [0.3, 0.4) is 0 Å². The number of ketones is 1. The van der Waals surface area contributed by atoms with Gasteiger partial charge in [-0.25, -0.2) is 0 Å². The van der Waals surface area contributed by atoms with Crippen LogP contribution in [0.4, 0.5) is 0 Å². The zero-order chi connectivity index (χ0) is 31.1. The van der Waals surface area contributed by atoms with Crippen molar-refractivity contribution in [2.75, 3.05) is 11.5 Å². The van der Waals surface area contributed by atoms with E-state index in [1.807, 2.05) is 19.1 Å². The monoisotopic (exact) mass is 642 g/mol. The Bertz CT molecular complexity index is 967. The van der Waals surface area contributed by atoms with Gasteiger partial charge >= 0.3 is 27.1 Å². The Morgan fingerprint density at radius 3 is 2.34 bits per heavy atom. The first-order chi connectivity index (χ1) is 19.2. The molecule has 0 aromatic rings. The minimum atomic E-state index is -4.98. The van der Waals surface area contributed by atoms with Gasteiger partial charge in [-0.05, 0) is 56.8 Å². The highest BCUT2D eigenvalue weighted by Crippen LogP contribution is 2.61. The van der Waals surface area contributed by atoms with E-state index in [9.17, 15) is 48.2 Å². The summed E-state index contributed by atoms with van der Waals surface area (Å²) in [6.07, 6.45) is 10.2. The van der Waals surface area contributed by atoms with Gasteiger partial charge in [0.2, 0.25) is 0 Å². The molecule has 1 fully saturated rings. The lowest BCUT2D eigenvalue weighted by molar-refractivity contribution is -0.144. The van der Waals surface area contributed by atoms with Crippen molar-refractivity contribution in [3.8, 4) is 0 Å². The molecule has 0 aliphatic heterocycles. The van der Waals surface area contributed by atoms with Crippen molar-refractivity contribution in [3.63, 3.8) is 0 Å². The first-order valence-corrected chi connectivity index (χ1v) is 18.3. The van der Waals surface area contributed by atoms with Crippen molar-refractivity contribution in [2.45, 2.75) is 95.2 Å². The van der Waals surface area contributed by atoms with Gasteiger partial charge in [0, 0.05) is 24.7 Å². The van der Waals surface area contributed by atoms with Crippen LogP contribution in [-0.2, 0) is 28.3 Å². The summed E-state index contributed by atoms with van der Waals surface area (Å²) in [5.41, 5.74) is 0. The molecule has 12 nitrogen and oxygen atoms in total. The highest BCUT2D eigenvalue weighted by atomic mass is 32.2. The number of aliphatic carboxylic acids is 1. The number of hydrogen-bond donors (Lipinski definition) is 6. The van der Waals surface area contributed by atoms with Crippen LogP contribution in [0.1, 0.15) is 77.6 Å². The number of rotatable bonds is 21. The molecule has 0 aromatic heterocycles. The van der Waals surface area contributed by atoms with Crippen LogP contribution in [0.25, 0.3) is 0 Å². The lowest BCUT2D eigenvalue weighted by Crippen LogP contribution is -2.21. The predicted octanol–water partition coefficient (Wildman–Crippen LogP) is 4.00. The van der Waals surface area contributed by atoms with E-state index in [1.54, 1.807) is 12.2 Å². The van der Waals surface area contributed by atoms with Gasteiger partial charge in [-0.1, -0.05) is 38.0 Å². The number of esters is 1. The van der Waals surface area contributed by atoms with Gasteiger partial charge in [-0.15, -0.1) is 0 Å². The van der Waals surface area contributed by atoms with Crippen molar-refractivity contribution in [1.82, 2.24) is 0 Å². The number of carboxylic acid groups (broad SMARTS) is 1. The van der Waals surface area contributed by atoms with Gasteiger partial charge in [0.25, 0.3) is 0 Å². The number of aliphatic hydroxyl groups is 1. The molecule has 0 aromatic carbocycles. The summed E-state index contributed by atoms with van der Waals surface area (Å²) < 4.78 is 28.3. The molecule has 1 saturated carbocycles. The molecule has 0 saturated heterocycles. The van der Waals surface area contributed by atoms with E-state index < -0.39 is 56.6 Å². The van der Waals surface area contributed by atoms with Gasteiger partial charge < -0.3 is 34.5 Å². The number of carbonyl (C=O) groups excluding carboxylic acids is 2. The number of ether oxygens (including phenoxy) is 1. The molecule has 0 spiro atoms. The Hall–Kier alpha value is -1.30. The summed E-state index contributed by atoms with van der Waals surface area (Å²) in [4.78, 5) is 72.3. The smallest absolute Gasteiger partial charge is 0.340 e. The fraction of sp³-hybridized carbons (Fsp3) is 0.731. The standard InChI is InChI=1S/C26H44O12P2S/c1-2-3-6-10-19(38-25(31)18-41-16-9-13-26(39(32,33)34)40(35,36)37)14-15-21-20(22(27)17-23(21)28)11-7-4-5-8-12-24(29)30/h4,7,14-15,19-21,23,26,28H,2-3,5-6,8-13,16-18H2,1H3,(H,29,30)(H2,32,33,34)(H2,35,36,37)/b7-4-,15-14+/t19-,20+,21+,23+/m0/s1. The molecule has 6 N–H and O–H groups in total. The third-order valence-corrected chi connectivity index (χ3v) is 11.6. The Balaban J connectivity index is 2.68. The number of thioether (sulfide) groups is 1. The molecule has 41 heavy (non-hydrogen) atoms. The van der Waals surface area contributed by atoms with Crippen LogP contribution in [0.2, 0.25) is 0 Å². The quantitative estimate of drug-likeness (QED) is 0.0452. The third-order valence-electron chi connectivity index (χ3n) is 6.72. The van der Waals surface area contributed by atoms with Gasteiger partial charge in [-0.2, -0.15) is 11.8 Å². The molecule has 1 rings (SSSR count). The van der Waals surface area contributed by atoms with Crippen molar-refractivity contribution in [2.24, 2.45) is 11.8 Å². The van der Waals surface area contributed by atoms with Crippen LogP contribution in [-0.4, -0.2) is 76.6 Å². The second-order valence-electron chi connectivity index (χ2n) is 10.2. The Morgan fingerprint density at radius 1 is 1.05 bits per heavy atom. The highest BCUT2D eigenvalue weighted by Gasteiger charge is 2.42. The van der Waals surface area contributed by atoms with E-state index in [1.165, 1.54) is 0 Å². The number of Topliss-reactive ketones (excluding diaryl/α,β-unsaturated/α-hetero) is 1. The number of aliphatic hydroxyl groups excluding tert-OH is 1. The zero-order valence-corrected chi connectivity index (χ0v) is 25.9. The summed E-state index contributed by atoms with van der Waals surface area (Å²) in [6.45, 7) is 2.04. The fourth-order valence-corrected chi connectivity index (χ4v) is 7.92. The van der Waals surface area contributed by atoms with Crippen LogP contribution in [0, 0.1) is 11.8 Å². The molecular weight excluding hydrogens is 598 g/mol. The van der Waals surface area contributed by atoms with E-state index >= 15 is 0 Å². The maximum atomic E-state index is 12.5. The topological polar surface area (TPSA) is 216 Å². The molecule has 1 aliphatic rings.